The Morgan fingerprint density at radius 3 is 2.37 bits per heavy atom. The van der Waals surface area contributed by atoms with E-state index in [0.29, 0.717) is 22.9 Å². The smallest absolute Gasteiger partial charge is 0.254 e. The number of amides is 3. The Balaban J connectivity index is 1.87. The van der Waals surface area contributed by atoms with E-state index in [1.54, 1.807) is 25.1 Å². The van der Waals surface area contributed by atoms with Gasteiger partial charge in [-0.05, 0) is 42.8 Å². The molecule has 0 unspecified atom stereocenters. The van der Waals surface area contributed by atoms with Gasteiger partial charge in [-0.15, -0.1) is 0 Å². The number of nitrogens with one attached hydrogen (secondary N) is 3. The lowest BCUT2D eigenvalue weighted by Crippen LogP contribution is -2.28. The molecule has 0 heterocycles. The quantitative estimate of drug-likeness (QED) is 0.725. The molecule has 0 saturated carbocycles. The molecule has 3 N–H and O–H groups in total. The largest absolute Gasteiger partial charge is 0.355 e. The lowest BCUT2D eigenvalue weighted by Gasteiger charge is -2.10. The highest BCUT2D eigenvalue weighted by atomic mass is 19.1. The third-order valence-electron chi connectivity index (χ3n) is 3.80. The number of benzene rings is 2. The van der Waals surface area contributed by atoms with Gasteiger partial charge in [0, 0.05) is 37.3 Å². The molecule has 0 aliphatic heterocycles. The van der Waals surface area contributed by atoms with Crippen molar-refractivity contribution in [2.45, 2.75) is 13.3 Å². The van der Waals surface area contributed by atoms with Crippen LogP contribution in [0.2, 0.25) is 0 Å². The van der Waals surface area contributed by atoms with Crippen LogP contribution in [0.1, 0.15) is 32.7 Å². The molecule has 0 saturated heterocycles. The monoisotopic (exact) mass is 375 g/mol. The third kappa shape index (κ3) is 5.34. The SMILES string of the molecule is CNC(=O)c1ccc(NC(=O)CCNC(=O)c2ccc(F)cc2F)c(C)c1. The van der Waals surface area contributed by atoms with E-state index >= 15 is 0 Å². The summed E-state index contributed by atoms with van der Waals surface area (Å²) in [5, 5.41) is 7.60. The first-order valence-corrected chi connectivity index (χ1v) is 8.17. The molecule has 27 heavy (non-hydrogen) atoms. The van der Waals surface area contributed by atoms with E-state index in [-0.39, 0.29) is 30.3 Å². The fourth-order valence-electron chi connectivity index (χ4n) is 2.36. The second kappa shape index (κ2) is 8.88. The fraction of sp³-hybridized carbons (Fsp3) is 0.211. The van der Waals surface area contributed by atoms with Crippen LogP contribution in [0.4, 0.5) is 14.5 Å². The van der Waals surface area contributed by atoms with Crippen molar-refractivity contribution < 1.29 is 23.2 Å². The molecule has 6 nitrogen and oxygen atoms in total. The van der Waals surface area contributed by atoms with Crippen LogP contribution in [0.5, 0.6) is 0 Å². The van der Waals surface area contributed by atoms with E-state index in [9.17, 15) is 23.2 Å². The summed E-state index contributed by atoms with van der Waals surface area (Å²) >= 11 is 0. The number of hydrogen-bond donors (Lipinski definition) is 3. The van der Waals surface area contributed by atoms with Crippen molar-refractivity contribution in [1.82, 2.24) is 10.6 Å². The zero-order chi connectivity index (χ0) is 20.0. The summed E-state index contributed by atoms with van der Waals surface area (Å²) in [4.78, 5) is 35.4. The van der Waals surface area contributed by atoms with Crippen molar-refractivity contribution in [2.24, 2.45) is 0 Å². The topological polar surface area (TPSA) is 87.3 Å². The molecule has 8 heteroatoms. The van der Waals surface area contributed by atoms with Crippen molar-refractivity contribution in [2.75, 3.05) is 18.9 Å². The molecule has 0 spiro atoms. The Bertz CT molecular complexity index is 884. The first-order chi connectivity index (χ1) is 12.8. The van der Waals surface area contributed by atoms with Crippen LogP contribution >= 0.6 is 0 Å². The number of rotatable bonds is 6. The number of hydrogen-bond acceptors (Lipinski definition) is 3. The highest BCUT2D eigenvalue weighted by Crippen LogP contribution is 2.17. The van der Waals surface area contributed by atoms with E-state index in [4.69, 9.17) is 0 Å². The Morgan fingerprint density at radius 2 is 1.74 bits per heavy atom. The lowest BCUT2D eigenvalue weighted by molar-refractivity contribution is -0.116. The van der Waals surface area contributed by atoms with Gasteiger partial charge in [-0.1, -0.05) is 0 Å². The zero-order valence-corrected chi connectivity index (χ0v) is 14.9. The van der Waals surface area contributed by atoms with Crippen LogP contribution in [0.15, 0.2) is 36.4 Å². The molecule has 142 valence electrons. The van der Waals surface area contributed by atoms with E-state index < -0.39 is 17.5 Å². The van der Waals surface area contributed by atoms with E-state index in [1.165, 1.54) is 7.05 Å². The minimum absolute atomic E-state index is 0.0170. The highest BCUT2D eigenvalue weighted by Gasteiger charge is 2.13. The van der Waals surface area contributed by atoms with Gasteiger partial charge in [0.15, 0.2) is 0 Å². The molecular formula is C19H19F2N3O3. The van der Waals surface area contributed by atoms with Crippen LogP contribution in [-0.4, -0.2) is 31.3 Å². The maximum Gasteiger partial charge on any atom is 0.254 e. The normalized spacial score (nSPS) is 10.2. The minimum atomic E-state index is -0.969. The molecule has 2 aromatic carbocycles. The average Bonchev–Trinajstić information content (AvgIpc) is 2.62. The molecular weight excluding hydrogens is 356 g/mol. The summed E-state index contributed by atoms with van der Waals surface area (Å²) in [7, 11) is 1.53. The summed E-state index contributed by atoms with van der Waals surface area (Å²) in [6, 6.07) is 7.48. The third-order valence-corrected chi connectivity index (χ3v) is 3.80. The van der Waals surface area contributed by atoms with Gasteiger partial charge in [0.05, 0.1) is 5.56 Å². The maximum atomic E-state index is 13.5. The molecule has 0 atom stereocenters. The average molecular weight is 375 g/mol. The van der Waals surface area contributed by atoms with Gasteiger partial charge in [0.1, 0.15) is 11.6 Å². The molecule has 3 amide bonds. The summed E-state index contributed by atoms with van der Waals surface area (Å²) in [6.45, 7) is 1.73. The van der Waals surface area contributed by atoms with Crippen molar-refractivity contribution in [3.63, 3.8) is 0 Å². The van der Waals surface area contributed by atoms with Crippen LogP contribution in [0, 0.1) is 18.6 Å². The number of anilines is 1. The molecule has 0 aliphatic rings. The predicted molar refractivity (Wildman–Crippen MR) is 96.5 cm³/mol. The maximum absolute atomic E-state index is 13.5. The summed E-state index contributed by atoms with van der Waals surface area (Å²) in [6.07, 6.45) is -0.0365. The Hall–Kier alpha value is -3.29. The van der Waals surface area contributed by atoms with Crippen LogP contribution in [-0.2, 0) is 4.79 Å². The molecule has 2 aromatic rings. The molecule has 0 aliphatic carbocycles. The van der Waals surface area contributed by atoms with Gasteiger partial charge in [-0.3, -0.25) is 14.4 Å². The van der Waals surface area contributed by atoms with Crippen molar-refractivity contribution in [3.05, 3.63) is 64.7 Å². The second-order valence-electron chi connectivity index (χ2n) is 5.79. The van der Waals surface area contributed by atoms with Gasteiger partial charge >= 0.3 is 0 Å². The van der Waals surface area contributed by atoms with E-state index in [2.05, 4.69) is 16.0 Å². The van der Waals surface area contributed by atoms with E-state index in [1.807, 2.05) is 0 Å². The first-order valence-electron chi connectivity index (χ1n) is 8.17. The van der Waals surface area contributed by atoms with Crippen LogP contribution in [0.3, 0.4) is 0 Å². The minimum Gasteiger partial charge on any atom is -0.355 e. The number of carbonyl (C=O) groups is 3. The molecule has 0 bridgehead atoms. The number of halogens is 2. The number of aryl methyl sites for hydroxylation is 1. The zero-order valence-electron chi connectivity index (χ0n) is 14.9. The summed E-state index contributed by atoms with van der Waals surface area (Å²) in [5.41, 5.74) is 1.43. The Morgan fingerprint density at radius 1 is 1.00 bits per heavy atom. The molecule has 0 radical (unpaired) electrons. The Kier molecular flexibility index (Phi) is 6.59. The van der Waals surface area contributed by atoms with Crippen LogP contribution < -0.4 is 16.0 Å². The van der Waals surface area contributed by atoms with Gasteiger partial charge in [-0.2, -0.15) is 0 Å². The van der Waals surface area contributed by atoms with Gasteiger partial charge in [0.2, 0.25) is 5.91 Å². The van der Waals surface area contributed by atoms with Crippen molar-refractivity contribution in [3.8, 4) is 0 Å². The van der Waals surface area contributed by atoms with E-state index in [0.717, 1.165) is 12.1 Å². The van der Waals surface area contributed by atoms with Gasteiger partial charge < -0.3 is 16.0 Å². The second-order valence-corrected chi connectivity index (χ2v) is 5.79. The standard InChI is InChI=1S/C19H19F2N3O3/c1-11-9-12(18(26)22-2)3-6-16(11)24-17(25)7-8-23-19(27)14-5-4-13(20)10-15(14)21/h3-6,9-10H,7-8H2,1-2H3,(H,22,26)(H,23,27)(H,24,25). The lowest BCUT2D eigenvalue weighted by atomic mass is 10.1. The van der Waals surface area contributed by atoms with Gasteiger partial charge in [-0.25, -0.2) is 8.78 Å². The van der Waals surface area contributed by atoms with Gasteiger partial charge in [0.25, 0.3) is 11.8 Å². The summed E-state index contributed by atoms with van der Waals surface area (Å²) in [5.74, 6) is -3.06. The molecule has 0 aromatic heterocycles. The summed E-state index contributed by atoms with van der Waals surface area (Å²) < 4.78 is 26.4. The predicted octanol–water partition coefficient (Wildman–Crippen LogP) is 2.39. The first kappa shape index (κ1) is 20.0. The Labute approximate surface area is 155 Å². The van der Waals surface area contributed by atoms with Crippen molar-refractivity contribution >= 4 is 23.4 Å². The van der Waals surface area contributed by atoms with Crippen LogP contribution in [0.25, 0.3) is 0 Å². The number of carbonyl (C=O) groups excluding carboxylic acids is 3. The fourth-order valence-corrected chi connectivity index (χ4v) is 2.36. The van der Waals surface area contributed by atoms with Crippen molar-refractivity contribution in [1.29, 1.82) is 0 Å². The molecule has 0 fully saturated rings. The highest BCUT2D eigenvalue weighted by molar-refractivity contribution is 5.97. The molecule has 2 rings (SSSR count).